The molecule has 0 aliphatic heterocycles. The first-order chi connectivity index (χ1) is 11.5. The lowest BCUT2D eigenvalue weighted by Gasteiger charge is -2.31. The summed E-state index contributed by atoms with van der Waals surface area (Å²) in [5.74, 6) is -1.24. The van der Waals surface area contributed by atoms with Gasteiger partial charge in [0.25, 0.3) is 0 Å². The van der Waals surface area contributed by atoms with Gasteiger partial charge in [-0.3, -0.25) is 0 Å². The van der Waals surface area contributed by atoms with Crippen molar-refractivity contribution in [1.82, 2.24) is 0 Å². The van der Waals surface area contributed by atoms with Crippen LogP contribution in [0.5, 0.6) is 5.75 Å². The zero-order valence-electron chi connectivity index (χ0n) is 13.6. The van der Waals surface area contributed by atoms with Crippen LogP contribution >= 0.6 is 0 Å². The number of halogens is 2. The van der Waals surface area contributed by atoms with Crippen LogP contribution in [0, 0.1) is 11.6 Å². The van der Waals surface area contributed by atoms with Crippen molar-refractivity contribution < 1.29 is 23.7 Å². The van der Waals surface area contributed by atoms with Gasteiger partial charge in [-0.1, -0.05) is 31.5 Å². The van der Waals surface area contributed by atoms with E-state index < -0.39 is 23.8 Å². The SMILES string of the molecule is CCCc1ccc2c(c1F)C(O)C(O)c1c-2ccc(OCC)c1F. The van der Waals surface area contributed by atoms with Crippen molar-refractivity contribution >= 4 is 0 Å². The van der Waals surface area contributed by atoms with Crippen LogP contribution in [0.1, 0.15) is 49.2 Å². The lowest BCUT2D eigenvalue weighted by atomic mass is 9.80. The molecule has 24 heavy (non-hydrogen) atoms. The van der Waals surface area contributed by atoms with Gasteiger partial charge in [0.1, 0.15) is 18.0 Å². The van der Waals surface area contributed by atoms with Crippen molar-refractivity contribution in [2.24, 2.45) is 0 Å². The third-order valence-corrected chi connectivity index (χ3v) is 4.40. The maximum Gasteiger partial charge on any atom is 0.171 e. The standard InChI is InChI=1S/C19H20F2O3/c1-3-5-10-6-7-11-12-8-9-13(24-4-2)17(21)15(12)19(23)18(22)14(11)16(10)20/h6-9,18-19,22-23H,3-5H2,1-2H3. The smallest absolute Gasteiger partial charge is 0.171 e. The van der Waals surface area contributed by atoms with Crippen molar-refractivity contribution in [3.8, 4) is 16.9 Å². The second-order valence-electron chi connectivity index (χ2n) is 5.91. The Morgan fingerprint density at radius 1 is 0.917 bits per heavy atom. The van der Waals surface area contributed by atoms with E-state index in [2.05, 4.69) is 0 Å². The van der Waals surface area contributed by atoms with Gasteiger partial charge < -0.3 is 14.9 Å². The van der Waals surface area contributed by atoms with E-state index in [1.165, 1.54) is 6.07 Å². The van der Waals surface area contributed by atoms with E-state index >= 15 is 0 Å². The minimum Gasteiger partial charge on any atom is -0.491 e. The fourth-order valence-corrected chi connectivity index (χ4v) is 3.30. The van der Waals surface area contributed by atoms with Gasteiger partial charge >= 0.3 is 0 Å². The average Bonchev–Trinajstić information content (AvgIpc) is 2.56. The summed E-state index contributed by atoms with van der Waals surface area (Å²) in [6.07, 6.45) is -1.76. The minimum absolute atomic E-state index is 0.00836. The number of aryl methyl sites for hydroxylation is 1. The van der Waals surface area contributed by atoms with Gasteiger partial charge in [-0.25, -0.2) is 8.78 Å². The number of hydrogen-bond donors (Lipinski definition) is 2. The quantitative estimate of drug-likeness (QED) is 0.886. The summed E-state index contributed by atoms with van der Waals surface area (Å²) in [5, 5.41) is 20.8. The van der Waals surface area contributed by atoms with Crippen molar-refractivity contribution in [2.45, 2.75) is 38.9 Å². The Bertz CT molecular complexity index is 708. The molecule has 5 heteroatoms. The minimum atomic E-state index is -1.54. The van der Waals surface area contributed by atoms with E-state index in [1.54, 1.807) is 25.1 Å². The molecular weight excluding hydrogens is 314 g/mol. The van der Waals surface area contributed by atoms with Gasteiger partial charge in [0.2, 0.25) is 0 Å². The highest BCUT2D eigenvalue weighted by molar-refractivity contribution is 5.76. The first kappa shape index (κ1) is 16.9. The molecule has 0 spiro atoms. The summed E-state index contributed by atoms with van der Waals surface area (Å²) >= 11 is 0. The van der Waals surface area contributed by atoms with Crippen molar-refractivity contribution in [2.75, 3.05) is 6.61 Å². The number of fused-ring (bicyclic) bond motifs is 3. The second-order valence-corrected chi connectivity index (χ2v) is 5.91. The third-order valence-electron chi connectivity index (χ3n) is 4.40. The summed E-state index contributed by atoms with van der Waals surface area (Å²) in [6, 6.07) is 6.39. The first-order valence-electron chi connectivity index (χ1n) is 8.14. The van der Waals surface area contributed by atoms with Crippen LogP contribution in [0.2, 0.25) is 0 Å². The number of hydrogen-bond acceptors (Lipinski definition) is 3. The van der Waals surface area contributed by atoms with Gasteiger partial charge in [-0.2, -0.15) is 0 Å². The highest BCUT2D eigenvalue weighted by Crippen LogP contribution is 2.48. The predicted molar refractivity (Wildman–Crippen MR) is 86.9 cm³/mol. The largest absolute Gasteiger partial charge is 0.491 e. The molecule has 2 N–H and O–H groups in total. The Balaban J connectivity index is 2.23. The molecule has 0 radical (unpaired) electrons. The predicted octanol–water partition coefficient (Wildman–Crippen LogP) is 4.06. The van der Waals surface area contributed by atoms with E-state index in [0.29, 0.717) is 23.1 Å². The topological polar surface area (TPSA) is 49.7 Å². The van der Waals surface area contributed by atoms with Crippen LogP contribution in [0.25, 0.3) is 11.1 Å². The number of aliphatic hydroxyl groups is 2. The first-order valence-corrected chi connectivity index (χ1v) is 8.14. The maximum atomic E-state index is 14.8. The molecule has 2 unspecified atom stereocenters. The van der Waals surface area contributed by atoms with Gasteiger partial charge in [0, 0.05) is 11.1 Å². The lowest BCUT2D eigenvalue weighted by molar-refractivity contribution is 0.0111. The normalized spacial score (nSPS) is 18.9. The molecule has 0 amide bonds. The zero-order valence-corrected chi connectivity index (χ0v) is 13.6. The molecule has 0 saturated heterocycles. The number of ether oxygens (including phenoxy) is 1. The molecule has 1 aliphatic rings. The van der Waals surface area contributed by atoms with E-state index in [-0.39, 0.29) is 23.5 Å². The monoisotopic (exact) mass is 334 g/mol. The summed E-state index contributed by atoms with van der Waals surface area (Å²) in [6.45, 7) is 3.94. The Morgan fingerprint density at radius 3 is 2.08 bits per heavy atom. The van der Waals surface area contributed by atoms with E-state index in [0.717, 1.165) is 6.42 Å². The Labute approximate surface area is 139 Å². The van der Waals surface area contributed by atoms with Crippen LogP contribution in [0.15, 0.2) is 24.3 Å². The van der Waals surface area contributed by atoms with Gasteiger partial charge in [0.05, 0.1) is 6.61 Å². The summed E-state index contributed by atoms with van der Waals surface area (Å²) in [5.41, 5.74) is 1.25. The van der Waals surface area contributed by atoms with Crippen molar-refractivity contribution in [3.63, 3.8) is 0 Å². The maximum absolute atomic E-state index is 14.8. The molecule has 2 atom stereocenters. The highest BCUT2D eigenvalue weighted by Gasteiger charge is 2.37. The fraction of sp³-hybridized carbons (Fsp3) is 0.368. The van der Waals surface area contributed by atoms with Crippen molar-refractivity contribution in [3.05, 3.63) is 52.6 Å². The molecule has 3 rings (SSSR count). The van der Waals surface area contributed by atoms with Crippen LogP contribution < -0.4 is 4.74 Å². The molecule has 0 saturated carbocycles. The lowest BCUT2D eigenvalue weighted by Crippen LogP contribution is -2.21. The Kier molecular flexibility index (Phi) is 4.56. The molecule has 0 heterocycles. The molecule has 128 valence electrons. The molecule has 0 bridgehead atoms. The molecule has 2 aromatic rings. The van der Waals surface area contributed by atoms with Crippen LogP contribution in [-0.4, -0.2) is 16.8 Å². The Morgan fingerprint density at radius 2 is 1.50 bits per heavy atom. The van der Waals surface area contributed by atoms with Crippen LogP contribution in [0.4, 0.5) is 8.78 Å². The van der Waals surface area contributed by atoms with E-state index in [1.807, 2.05) is 6.92 Å². The Hall–Kier alpha value is -1.98. The highest BCUT2D eigenvalue weighted by atomic mass is 19.1. The molecular formula is C19H20F2O3. The third kappa shape index (κ3) is 2.48. The average molecular weight is 334 g/mol. The summed E-state index contributed by atoms with van der Waals surface area (Å²) < 4.78 is 34.6. The summed E-state index contributed by atoms with van der Waals surface area (Å²) in [4.78, 5) is 0. The van der Waals surface area contributed by atoms with E-state index in [4.69, 9.17) is 4.74 Å². The van der Waals surface area contributed by atoms with Gasteiger partial charge in [-0.05, 0) is 36.1 Å². The van der Waals surface area contributed by atoms with Crippen molar-refractivity contribution in [1.29, 1.82) is 0 Å². The molecule has 0 fully saturated rings. The van der Waals surface area contributed by atoms with E-state index in [9.17, 15) is 19.0 Å². The number of aliphatic hydroxyl groups excluding tert-OH is 2. The van der Waals surface area contributed by atoms with Crippen LogP contribution in [0.3, 0.4) is 0 Å². The second kappa shape index (κ2) is 6.49. The van der Waals surface area contributed by atoms with Crippen LogP contribution in [-0.2, 0) is 6.42 Å². The van der Waals surface area contributed by atoms with Gasteiger partial charge in [-0.15, -0.1) is 0 Å². The molecule has 1 aliphatic carbocycles. The fourth-order valence-electron chi connectivity index (χ4n) is 3.30. The van der Waals surface area contributed by atoms with Gasteiger partial charge in [0.15, 0.2) is 11.6 Å². The number of rotatable bonds is 4. The zero-order chi connectivity index (χ0) is 17.4. The molecule has 0 aromatic heterocycles. The summed E-state index contributed by atoms with van der Waals surface area (Å²) in [7, 11) is 0. The molecule has 3 nitrogen and oxygen atoms in total. The number of benzene rings is 2. The molecule has 2 aromatic carbocycles.